The Labute approximate surface area is 200 Å². The number of rotatable bonds is 6. The Morgan fingerprint density at radius 3 is 1.97 bits per heavy atom. The summed E-state index contributed by atoms with van der Waals surface area (Å²) in [5.74, 6) is -2.03. The van der Waals surface area contributed by atoms with Gasteiger partial charge in [0, 0.05) is 16.5 Å². The number of carbonyl (C=O) groups is 2. The summed E-state index contributed by atoms with van der Waals surface area (Å²) in [6.45, 7) is 3.55. The van der Waals surface area contributed by atoms with Crippen LogP contribution in [0.25, 0.3) is 11.1 Å². The van der Waals surface area contributed by atoms with Gasteiger partial charge < -0.3 is 10.1 Å². The lowest BCUT2D eigenvalue weighted by Gasteiger charge is -2.14. The molecule has 1 N–H and O–H groups in total. The fourth-order valence-electron chi connectivity index (χ4n) is 3.25. The molecule has 0 bridgehead atoms. The Bertz CT molecular complexity index is 1200. The quantitative estimate of drug-likeness (QED) is 0.274. The smallest absolute Gasteiger partial charge is 0.416 e. The van der Waals surface area contributed by atoms with Gasteiger partial charge in [-0.3, -0.25) is 4.79 Å². The van der Waals surface area contributed by atoms with Crippen molar-refractivity contribution < 1.29 is 40.7 Å². The Balaban J connectivity index is 2.04. The van der Waals surface area contributed by atoms with Crippen LogP contribution < -0.4 is 5.32 Å². The molecule has 0 saturated carbocycles. The second-order valence-corrected chi connectivity index (χ2v) is 8.25. The molecule has 1 amide bonds. The van der Waals surface area contributed by atoms with Crippen molar-refractivity contribution >= 4 is 28.2 Å². The lowest BCUT2D eigenvalue weighted by atomic mass is 10.0. The Hall–Kier alpha value is -3.34. The van der Waals surface area contributed by atoms with Crippen LogP contribution in [-0.4, -0.2) is 18.5 Å². The first-order valence-corrected chi connectivity index (χ1v) is 11.2. The second kappa shape index (κ2) is 10.1. The number of thiophene rings is 1. The lowest BCUT2D eigenvalue weighted by molar-refractivity contribution is -0.143. The van der Waals surface area contributed by atoms with Gasteiger partial charge in [-0.05, 0) is 42.7 Å². The number of esters is 1. The van der Waals surface area contributed by atoms with E-state index in [4.69, 9.17) is 4.74 Å². The highest BCUT2D eigenvalue weighted by molar-refractivity contribution is 7.15. The predicted octanol–water partition coefficient (Wildman–Crippen LogP) is 7.44. The van der Waals surface area contributed by atoms with Gasteiger partial charge in [-0.2, -0.15) is 26.3 Å². The summed E-state index contributed by atoms with van der Waals surface area (Å²) in [6, 6.07) is 7.81. The molecule has 3 aromatic rings. The molecule has 0 aliphatic heterocycles. The molecular formula is C24H19F6NO3S. The van der Waals surface area contributed by atoms with Crippen LogP contribution in [0.2, 0.25) is 0 Å². The number of anilines is 1. The zero-order chi connectivity index (χ0) is 26.0. The molecule has 35 heavy (non-hydrogen) atoms. The molecule has 11 heteroatoms. The third kappa shape index (κ3) is 6.02. The van der Waals surface area contributed by atoms with Gasteiger partial charge in [-0.15, -0.1) is 11.3 Å². The minimum Gasteiger partial charge on any atom is -0.462 e. The van der Waals surface area contributed by atoms with Crippen LogP contribution in [0.1, 0.15) is 51.3 Å². The van der Waals surface area contributed by atoms with Crippen molar-refractivity contribution in [2.75, 3.05) is 11.9 Å². The molecule has 4 nitrogen and oxygen atoms in total. The van der Waals surface area contributed by atoms with Crippen molar-refractivity contribution in [2.45, 2.75) is 32.6 Å². The van der Waals surface area contributed by atoms with Gasteiger partial charge in [0.05, 0.1) is 17.7 Å². The van der Waals surface area contributed by atoms with E-state index in [-0.39, 0.29) is 23.2 Å². The number of carbonyl (C=O) groups excluding carboxylic acids is 2. The number of hydrogen-bond acceptors (Lipinski definition) is 4. The Morgan fingerprint density at radius 1 is 0.914 bits per heavy atom. The number of benzene rings is 2. The van der Waals surface area contributed by atoms with Crippen LogP contribution in [0.5, 0.6) is 0 Å². The zero-order valence-corrected chi connectivity index (χ0v) is 19.3. The van der Waals surface area contributed by atoms with Crippen LogP contribution in [0.4, 0.5) is 31.3 Å². The number of alkyl halides is 6. The van der Waals surface area contributed by atoms with Gasteiger partial charge in [-0.1, -0.05) is 31.2 Å². The van der Waals surface area contributed by atoms with Crippen molar-refractivity contribution in [3.05, 3.63) is 75.7 Å². The summed E-state index contributed by atoms with van der Waals surface area (Å²) in [4.78, 5) is 25.4. The molecular weight excluding hydrogens is 496 g/mol. The summed E-state index contributed by atoms with van der Waals surface area (Å²) in [7, 11) is 0. The average Bonchev–Trinajstić information content (AvgIpc) is 3.21. The number of nitrogens with one attached hydrogen (secondary N) is 1. The van der Waals surface area contributed by atoms with Crippen LogP contribution >= 0.6 is 11.3 Å². The third-order valence-corrected chi connectivity index (χ3v) is 5.92. The summed E-state index contributed by atoms with van der Waals surface area (Å²) < 4.78 is 84.1. The van der Waals surface area contributed by atoms with Gasteiger partial charge in [0.1, 0.15) is 10.6 Å². The van der Waals surface area contributed by atoms with Crippen molar-refractivity contribution in [1.82, 2.24) is 0 Å². The first-order valence-electron chi connectivity index (χ1n) is 10.3. The molecule has 0 unspecified atom stereocenters. The van der Waals surface area contributed by atoms with Crippen molar-refractivity contribution in [3.8, 4) is 11.1 Å². The van der Waals surface area contributed by atoms with Crippen molar-refractivity contribution in [2.24, 2.45) is 0 Å². The SMILES string of the molecule is CCOC(=O)c1c(-c2ccc(CC)cc2)csc1NC(=O)c1cc(C(F)(F)F)cc(C(F)(F)F)c1. The van der Waals surface area contributed by atoms with Gasteiger partial charge in [0.15, 0.2) is 0 Å². The standard InChI is InChI=1S/C24H19F6NO3S/c1-3-13-5-7-14(8-6-13)18-12-35-21(19(18)22(33)34-4-2)31-20(32)15-9-16(23(25,26)27)11-17(10-15)24(28,29)30/h5-12H,3-4H2,1-2H3,(H,31,32). The molecule has 3 rings (SSSR count). The number of hydrogen-bond donors (Lipinski definition) is 1. The van der Waals surface area contributed by atoms with Crippen molar-refractivity contribution in [1.29, 1.82) is 0 Å². The summed E-state index contributed by atoms with van der Waals surface area (Å²) in [6.07, 6.45) is -9.42. The van der Waals surface area contributed by atoms with Gasteiger partial charge in [-0.25, -0.2) is 4.79 Å². The minimum atomic E-state index is -5.10. The first-order chi connectivity index (χ1) is 16.3. The van der Waals surface area contributed by atoms with Crippen LogP contribution in [0, 0.1) is 0 Å². The van der Waals surface area contributed by atoms with E-state index in [2.05, 4.69) is 5.32 Å². The minimum absolute atomic E-state index is 0.0127. The molecule has 186 valence electrons. The highest BCUT2D eigenvalue weighted by Crippen LogP contribution is 2.39. The number of aryl methyl sites for hydroxylation is 1. The van der Waals surface area contributed by atoms with E-state index < -0.39 is 40.9 Å². The Morgan fingerprint density at radius 2 is 1.49 bits per heavy atom. The molecule has 0 spiro atoms. The van der Waals surface area contributed by atoms with E-state index in [1.807, 2.05) is 19.1 Å². The van der Waals surface area contributed by atoms with Gasteiger partial charge >= 0.3 is 18.3 Å². The average molecular weight is 515 g/mol. The van der Waals surface area contributed by atoms with E-state index in [0.717, 1.165) is 23.3 Å². The maximum atomic E-state index is 13.2. The Kier molecular flexibility index (Phi) is 7.59. The highest BCUT2D eigenvalue weighted by Gasteiger charge is 2.37. The molecule has 2 aromatic carbocycles. The summed E-state index contributed by atoms with van der Waals surface area (Å²) >= 11 is 0.900. The number of amides is 1. The van der Waals surface area contributed by atoms with Crippen LogP contribution in [-0.2, 0) is 23.5 Å². The van der Waals surface area contributed by atoms with E-state index in [0.29, 0.717) is 23.3 Å². The zero-order valence-electron chi connectivity index (χ0n) is 18.4. The maximum absolute atomic E-state index is 13.2. The third-order valence-electron chi connectivity index (χ3n) is 5.02. The van der Waals surface area contributed by atoms with E-state index in [9.17, 15) is 35.9 Å². The summed E-state index contributed by atoms with van der Waals surface area (Å²) in [5.41, 5.74) is -2.06. The lowest BCUT2D eigenvalue weighted by Crippen LogP contribution is -2.18. The van der Waals surface area contributed by atoms with E-state index >= 15 is 0 Å². The van der Waals surface area contributed by atoms with E-state index in [1.165, 1.54) is 0 Å². The van der Waals surface area contributed by atoms with Crippen molar-refractivity contribution in [3.63, 3.8) is 0 Å². The number of ether oxygens (including phenoxy) is 1. The molecule has 0 radical (unpaired) electrons. The first kappa shape index (κ1) is 26.3. The molecule has 0 saturated heterocycles. The fourth-order valence-corrected chi connectivity index (χ4v) is 4.20. The molecule has 0 fully saturated rings. The van der Waals surface area contributed by atoms with Crippen LogP contribution in [0.15, 0.2) is 47.8 Å². The largest absolute Gasteiger partial charge is 0.462 e. The highest BCUT2D eigenvalue weighted by atomic mass is 32.1. The topological polar surface area (TPSA) is 55.4 Å². The normalized spacial score (nSPS) is 11.9. The molecule has 1 heterocycles. The number of halogens is 6. The maximum Gasteiger partial charge on any atom is 0.416 e. The fraction of sp³-hybridized carbons (Fsp3) is 0.250. The predicted molar refractivity (Wildman–Crippen MR) is 119 cm³/mol. The van der Waals surface area contributed by atoms with Crippen LogP contribution in [0.3, 0.4) is 0 Å². The van der Waals surface area contributed by atoms with E-state index in [1.54, 1.807) is 24.4 Å². The molecule has 0 atom stereocenters. The molecule has 0 aliphatic rings. The monoisotopic (exact) mass is 515 g/mol. The van der Waals surface area contributed by atoms with Gasteiger partial charge in [0.2, 0.25) is 0 Å². The molecule has 0 aliphatic carbocycles. The second-order valence-electron chi connectivity index (χ2n) is 7.37. The molecule has 1 aromatic heterocycles. The van der Waals surface area contributed by atoms with Gasteiger partial charge in [0.25, 0.3) is 5.91 Å². The summed E-state index contributed by atoms with van der Waals surface area (Å²) in [5, 5.41) is 3.77.